The molecule has 4 heteroatoms. The zero-order chi connectivity index (χ0) is 23.4. The lowest BCUT2D eigenvalue weighted by Crippen LogP contribution is -2.50. The maximum absolute atomic E-state index is 6.99. The van der Waals surface area contributed by atoms with Crippen molar-refractivity contribution < 1.29 is 9.16 Å². The van der Waals surface area contributed by atoms with E-state index in [1.807, 2.05) is 0 Å². The second kappa shape index (κ2) is 7.98. The predicted octanol–water partition coefficient (Wildman–Crippen LogP) is 8.41. The Kier molecular flexibility index (Phi) is 5.73. The summed E-state index contributed by atoms with van der Waals surface area (Å²) in [5.74, 6) is 1.92. The Bertz CT molecular complexity index is 1040. The van der Waals surface area contributed by atoms with E-state index in [1.54, 1.807) is 0 Å². The molecule has 0 saturated carbocycles. The third-order valence-electron chi connectivity index (χ3n) is 7.36. The molecule has 0 bridgehead atoms. The Labute approximate surface area is 195 Å². The second-order valence-corrected chi connectivity index (χ2v) is 16.4. The number of ether oxygens (including phenoxy) is 1. The monoisotopic (exact) mass is 449 g/mol. The Morgan fingerprint density at radius 1 is 0.938 bits per heavy atom. The lowest BCUT2D eigenvalue weighted by atomic mass is 9.84. The first-order chi connectivity index (χ1) is 15.0. The molecule has 1 N–H and O–H groups in total. The van der Waals surface area contributed by atoms with E-state index in [0.717, 1.165) is 17.1 Å². The van der Waals surface area contributed by atoms with Crippen LogP contribution in [0.4, 0.5) is 5.69 Å². The van der Waals surface area contributed by atoms with Crippen molar-refractivity contribution in [2.24, 2.45) is 0 Å². The van der Waals surface area contributed by atoms with Crippen molar-refractivity contribution in [2.75, 3.05) is 5.32 Å². The maximum Gasteiger partial charge on any atom is 0.258 e. The highest BCUT2D eigenvalue weighted by molar-refractivity contribution is 6.78. The summed E-state index contributed by atoms with van der Waals surface area (Å²) >= 11 is 0. The summed E-state index contributed by atoms with van der Waals surface area (Å²) in [6.07, 6.45) is 2.32. The van der Waals surface area contributed by atoms with Gasteiger partial charge in [0.1, 0.15) is 18.1 Å². The molecule has 0 spiro atoms. The van der Waals surface area contributed by atoms with E-state index in [2.05, 4.69) is 104 Å². The molecule has 32 heavy (non-hydrogen) atoms. The van der Waals surface area contributed by atoms with Gasteiger partial charge in [-0.1, -0.05) is 53.7 Å². The molecule has 0 amide bonds. The average Bonchev–Trinajstić information content (AvgIpc) is 2.69. The van der Waals surface area contributed by atoms with Crippen LogP contribution in [-0.4, -0.2) is 13.9 Å². The lowest BCUT2D eigenvalue weighted by Gasteiger charge is -2.42. The fourth-order valence-electron chi connectivity index (χ4n) is 6.22. The highest BCUT2D eigenvalue weighted by atomic mass is 28.4. The molecular formula is C28H39NO2Si. The van der Waals surface area contributed by atoms with Gasteiger partial charge in [0.2, 0.25) is 0 Å². The van der Waals surface area contributed by atoms with E-state index in [1.165, 1.54) is 28.0 Å². The van der Waals surface area contributed by atoms with Gasteiger partial charge in [0, 0.05) is 22.4 Å². The molecule has 0 saturated heterocycles. The Morgan fingerprint density at radius 3 is 2.22 bits per heavy atom. The number of fused-ring (bicyclic) bond motifs is 5. The number of allylic oxidation sites excluding steroid dienone is 1. The van der Waals surface area contributed by atoms with Gasteiger partial charge in [-0.2, -0.15) is 0 Å². The van der Waals surface area contributed by atoms with Crippen molar-refractivity contribution in [2.45, 2.75) is 91.1 Å². The zero-order valence-corrected chi connectivity index (χ0v) is 22.2. The van der Waals surface area contributed by atoms with Crippen LogP contribution in [0.3, 0.4) is 0 Å². The third kappa shape index (κ3) is 3.67. The molecule has 0 atom stereocenters. The molecule has 0 fully saturated rings. The molecule has 0 unspecified atom stereocenters. The molecule has 4 rings (SSSR count). The van der Waals surface area contributed by atoms with Gasteiger partial charge in [-0.05, 0) is 72.8 Å². The molecule has 2 aromatic carbocycles. The van der Waals surface area contributed by atoms with Crippen LogP contribution in [0.15, 0.2) is 36.4 Å². The van der Waals surface area contributed by atoms with Gasteiger partial charge in [-0.15, -0.1) is 0 Å². The van der Waals surface area contributed by atoms with Crippen molar-refractivity contribution in [3.8, 4) is 22.6 Å². The van der Waals surface area contributed by atoms with Gasteiger partial charge in [-0.25, -0.2) is 0 Å². The van der Waals surface area contributed by atoms with Crippen LogP contribution >= 0.6 is 0 Å². The molecule has 2 heterocycles. The van der Waals surface area contributed by atoms with Gasteiger partial charge >= 0.3 is 0 Å². The highest BCUT2D eigenvalue weighted by Gasteiger charge is 2.47. The Balaban J connectivity index is 1.80. The van der Waals surface area contributed by atoms with Crippen LogP contribution in [0.1, 0.15) is 73.4 Å². The quantitative estimate of drug-likeness (QED) is 0.465. The van der Waals surface area contributed by atoms with E-state index in [-0.39, 0.29) is 5.54 Å². The minimum Gasteiger partial charge on any atom is -0.543 e. The molecule has 2 aliphatic heterocycles. The number of nitrogens with one attached hydrogen (secondary N) is 1. The van der Waals surface area contributed by atoms with E-state index in [4.69, 9.17) is 9.16 Å². The van der Waals surface area contributed by atoms with Crippen molar-refractivity contribution >= 4 is 19.6 Å². The van der Waals surface area contributed by atoms with Gasteiger partial charge in [0.15, 0.2) is 0 Å². The summed E-state index contributed by atoms with van der Waals surface area (Å²) in [6.45, 7) is 21.2. The summed E-state index contributed by atoms with van der Waals surface area (Å²) in [6, 6.07) is 10.9. The summed E-state index contributed by atoms with van der Waals surface area (Å²) < 4.78 is 13.2. The average molecular weight is 450 g/mol. The first-order valence-electron chi connectivity index (χ1n) is 12.1. The number of rotatable bonds is 5. The fourth-order valence-corrected chi connectivity index (χ4v) is 11.5. The molecule has 0 radical (unpaired) electrons. The molecule has 2 aromatic rings. The van der Waals surface area contributed by atoms with Crippen molar-refractivity contribution in [1.82, 2.24) is 0 Å². The number of anilines is 1. The maximum atomic E-state index is 6.99. The van der Waals surface area contributed by atoms with Crippen LogP contribution in [0, 0.1) is 0 Å². The number of hydrogen-bond donors (Lipinski definition) is 1. The van der Waals surface area contributed by atoms with Crippen LogP contribution in [0.5, 0.6) is 11.5 Å². The standard InChI is InChI=1S/C28H39NO2Si/c1-17(2)32(18(3)4,19(5)6)31-21-10-13-26-23(14-21)22-11-12-25-27(24(22)16-30-26)20(7)15-28(8,9)29-25/h10-15,17-19,29H,16H2,1-9H3. The molecule has 2 aliphatic rings. The predicted molar refractivity (Wildman–Crippen MR) is 139 cm³/mol. The lowest BCUT2D eigenvalue weighted by molar-refractivity contribution is 0.301. The second-order valence-electron chi connectivity index (χ2n) is 11.1. The van der Waals surface area contributed by atoms with Crippen LogP contribution < -0.4 is 14.5 Å². The van der Waals surface area contributed by atoms with Gasteiger partial charge in [-0.3, -0.25) is 0 Å². The minimum absolute atomic E-state index is 0.0434. The number of hydrogen-bond acceptors (Lipinski definition) is 3. The number of benzene rings is 2. The van der Waals surface area contributed by atoms with E-state index in [0.29, 0.717) is 23.2 Å². The topological polar surface area (TPSA) is 30.5 Å². The van der Waals surface area contributed by atoms with E-state index in [9.17, 15) is 0 Å². The van der Waals surface area contributed by atoms with Gasteiger partial charge in [0.05, 0.1) is 5.54 Å². The van der Waals surface area contributed by atoms with Crippen LogP contribution in [0.25, 0.3) is 16.7 Å². The SMILES string of the molecule is CC1=CC(C)(C)Nc2ccc3c(c21)COc1ccc(O[Si](C(C)C)(C(C)C)C(C)C)cc1-3. The normalized spacial score (nSPS) is 16.7. The first kappa shape index (κ1) is 23.0. The summed E-state index contributed by atoms with van der Waals surface area (Å²) in [4.78, 5) is 0. The largest absolute Gasteiger partial charge is 0.543 e. The molecule has 3 nitrogen and oxygen atoms in total. The molecular weight excluding hydrogens is 410 g/mol. The van der Waals surface area contributed by atoms with Crippen LogP contribution in [-0.2, 0) is 6.61 Å². The van der Waals surface area contributed by atoms with Crippen molar-refractivity contribution in [3.63, 3.8) is 0 Å². The smallest absolute Gasteiger partial charge is 0.258 e. The Morgan fingerprint density at radius 2 is 1.59 bits per heavy atom. The van der Waals surface area contributed by atoms with Crippen molar-refractivity contribution in [1.29, 1.82) is 0 Å². The molecule has 0 aromatic heterocycles. The van der Waals surface area contributed by atoms with Crippen LogP contribution in [0.2, 0.25) is 16.6 Å². The fraction of sp³-hybridized carbons (Fsp3) is 0.500. The molecule has 172 valence electrons. The van der Waals surface area contributed by atoms with Crippen molar-refractivity contribution in [3.05, 3.63) is 47.5 Å². The molecule has 0 aliphatic carbocycles. The summed E-state index contributed by atoms with van der Waals surface area (Å²) in [5, 5.41) is 3.67. The van der Waals surface area contributed by atoms with Gasteiger partial charge < -0.3 is 14.5 Å². The van der Waals surface area contributed by atoms with E-state index < -0.39 is 8.32 Å². The van der Waals surface area contributed by atoms with E-state index >= 15 is 0 Å². The minimum atomic E-state index is -2.02. The summed E-state index contributed by atoms with van der Waals surface area (Å²) in [7, 11) is -2.02. The summed E-state index contributed by atoms with van der Waals surface area (Å²) in [5.41, 5.74) is 9.03. The zero-order valence-electron chi connectivity index (χ0n) is 21.2. The Hall–Kier alpha value is -2.20. The van der Waals surface area contributed by atoms with Gasteiger partial charge in [0.25, 0.3) is 8.32 Å². The highest BCUT2D eigenvalue weighted by Crippen LogP contribution is 2.48. The third-order valence-corrected chi connectivity index (χ3v) is 13.4. The first-order valence-corrected chi connectivity index (χ1v) is 14.2.